The van der Waals surface area contributed by atoms with Crippen LogP contribution in [0.3, 0.4) is 0 Å². The molecule has 0 bridgehead atoms. The summed E-state index contributed by atoms with van der Waals surface area (Å²) in [6.45, 7) is 7.41. The number of hydrogen-bond donors (Lipinski definition) is 17. The Kier molecular flexibility index (Phi) is 42.6. The second-order valence-electron chi connectivity index (χ2n) is 24.0. The van der Waals surface area contributed by atoms with Crippen LogP contribution in [-0.2, 0) is 23.9 Å². The first-order valence-electron chi connectivity index (χ1n) is 32.2. The summed E-state index contributed by atoms with van der Waals surface area (Å²) < 4.78 is 11.7. The Hall–Kier alpha value is -5.45. The number of allylic oxidation sites excluding steroid dienone is 18. The van der Waals surface area contributed by atoms with Gasteiger partial charge in [0.1, 0.15) is 35.6 Å². The van der Waals surface area contributed by atoms with E-state index in [9.17, 15) is 91.0 Å². The van der Waals surface area contributed by atoms with Crippen molar-refractivity contribution < 1.29 is 106 Å². The summed E-state index contributed by atoms with van der Waals surface area (Å²) in [5.41, 5.74) is 3.69. The Morgan fingerprint density at radius 3 is 1.66 bits per heavy atom. The zero-order chi connectivity index (χ0) is 68.5. The molecule has 1 aliphatic carbocycles. The van der Waals surface area contributed by atoms with Gasteiger partial charge in [-0.15, -0.1) is 0 Å². The van der Waals surface area contributed by atoms with Gasteiger partial charge in [0.2, 0.25) is 5.91 Å². The molecule has 0 aromatic heterocycles. The SMILES string of the molecule is CC(/C=C/CC/C=C/C=C/C=C/C=C/C(=O)NC1=C(O)CCC1=O)C(O)C(C)C(O)/C=C/C=C/C=C/C=C/C=C/CC(OC1OC(C)C(O)C(O)C1O)C(C)C(=O)CC(O)CC(O)CC(O)/C=C/CC(O)CC(O)CC(O)CC(O)/C=C/CC(O)CC(O)CCC[NH3+]. The predicted molar refractivity (Wildman–Crippen MR) is 350 cm³/mol. The van der Waals surface area contributed by atoms with Gasteiger partial charge in [-0.05, 0) is 77.6 Å². The molecule has 22 heteroatoms. The van der Waals surface area contributed by atoms with Crippen LogP contribution in [0.4, 0.5) is 0 Å². The van der Waals surface area contributed by atoms with Gasteiger partial charge in [0, 0.05) is 55.9 Å². The maximum atomic E-state index is 13.6. The van der Waals surface area contributed by atoms with E-state index >= 15 is 0 Å². The average molecular weight is 1300 g/mol. The topological polar surface area (TPSA) is 413 Å². The Labute approximate surface area is 542 Å². The highest BCUT2D eigenvalue weighted by atomic mass is 16.7. The molecule has 2 rings (SSSR count). The van der Waals surface area contributed by atoms with Crippen LogP contribution >= 0.6 is 0 Å². The summed E-state index contributed by atoms with van der Waals surface area (Å²) in [5.74, 6) is -2.90. The molecule has 2 aliphatic rings. The quantitative estimate of drug-likeness (QED) is 0.0180. The van der Waals surface area contributed by atoms with Crippen molar-refractivity contribution in [1.29, 1.82) is 0 Å². The van der Waals surface area contributed by atoms with Crippen molar-refractivity contribution in [1.82, 2.24) is 5.32 Å². The molecule has 92 heavy (non-hydrogen) atoms. The van der Waals surface area contributed by atoms with E-state index in [1.165, 1.54) is 37.3 Å². The predicted octanol–water partition coefficient (Wildman–Crippen LogP) is 3.27. The van der Waals surface area contributed by atoms with E-state index in [0.29, 0.717) is 13.0 Å². The van der Waals surface area contributed by atoms with Crippen LogP contribution in [0.1, 0.15) is 130 Å². The van der Waals surface area contributed by atoms with Crippen LogP contribution in [0.25, 0.3) is 0 Å². The summed E-state index contributed by atoms with van der Waals surface area (Å²) in [5, 5.41) is 159. The fraction of sp³-hybridized carbons (Fsp3) is 0.586. The number of aliphatic hydroxyl groups is 15. The van der Waals surface area contributed by atoms with Crippen molar-refractivity contribution >= 4 is 17.5 Å². The van der Waals surface area contributed by atoms with Crippen LogP contribution in [0.2, 0.25) is 0 Å². The van der Waals surface area contributed by atoms with Crippen LogP contribution in [0.15, 0.2) is 157 Å². The molecule has 0 aromatic rings. The van der Waals surface area contributed by atoms with Gasteiger partial charge in [0.15, 0.2) is 12.1 Å². The number of carbonyl (C=O) groups excluding carboxylic acids is 3. The normalized spacial score (nSPS) is 24.1. The Balaban J connectivity index is 1.81. The number of hydrogen-bond acceptors (Lipinski definition) is 20. The molecule has 20 atom stereocenters. The number of aliphatic hydroxyl groups excluding tert-OH is 15. The number of amides is 1. The van der Waals surface area contributed by atoms with Gasteiger partial charge < -0.3 is 97.1 Å². The van der Waals surface area contributed by atoms with Crippen molar-refractivity contribution in [2.24, 2.45) is 17.8 Å². The lowest BCUT2D eigenvalue weighted by Gasteiger charge is -2.41. The molecule has 1 amide bonds. The summed E-state index contributed by atoms with van der Waals surface area (Å²) in [7, 11) is 0. The van der Waals surface area contributed by atoms with Gasteiger partial charge in [-0.3, -0.25) is 14.4 Å². The largest absolute Gasteiger partial charge is 0.510 e. The van der Waals surface area contributed by atoms with E-state index in [2.05, 4.69) is 11.1 Å². The first kappa shape index (κ1) is 82.6. The van der Waals surface area contributed by atoms with Crippen LogP contribution in [0.5, 0.6) is 0 Å². The van der Waals surface area contributed by atoms with E-state index in [0.717, 1.165) is 19.3 Å². The molecule has 22 nitrogen and oxygen atoms in total. The molecule has 518 valence electrons. The number of Topliss-reactive ketones (excluding diaryl/α,β-unsaturated/α-hetero) is 2. The number of carbonyl (C=O) groups is 3. The van der Waals surface area contributed by atoms with Crippen molar-refractivity contribution in [3.63, 3.8) is 0 Å². The fourth-order valence-corrected chi connectivity index (χ4v) is 9.97. The van der Waals surface area contributed by atoms with E-state index in [1.54, 1.807) is 98.9 Å². The van der Waals surface area contributed by atoms with Gasteiger partial charge in [-0.2, -0.15) is 0 Å². The third kappa shape index (κ3) is 35.7. The monoisotopic (exact) mass is 1300 g/mol. The van der Waals surface area contributed by atoms with Crippen molar-refractivity contribution in [3.8, 4) is 0 Å². The molecule has 20 unspecified atom stereocenters. The van der Waals surface area contributed by atoms with Gasteiger partial charge in [0.05, 0.1) is 85.9 Å². The summed E-state index contributed by atoms with van der Waals surface area (Å²) in [6.07, 6.45) is 24.1. The van der Waals surface area contributed by atoms with E-state index in [-0.39, 0.29) is 93.8 Å². The fourth-order valence-electron chi connectivity index (χ4n) is 9.97. The molecule has 0 spiro atoms. The maximum absolute atomic E-state index is 13.6. The molecule has 0 aromatic carbocycles. The third-order valence-corrected chi connectivity index (χ3v) is 15.6. The number of rotatable bonds is 46. The zero-order valence-electron chi connectivity index (χ0n) is 53.9. The minimum atomic E-state index is -1.64. The van der Waals surface area contributed by atoms with Crippen molar-refractivity contribution in [2.45, 2.75) is 234 Å². The Morgan fingerprint density at radius 2 is 1.09 bits per heavy atom. The lowest BCUT2D eigenvalue weighted by molar-refractivity contribution is -0.369. The van der Waals surface area contributed by atoms with Crippen molar-refractivity contribution in [2.75, 3.05) is 6.54 Å². The minimum Gasteiger partial charge on any atom is -0.510 e. The summed E-state index contributed by atoms with van der Waals surface area (Å²) >= 11 is 0. The van der Waals surface area contributed by atoms with Gasteiger partial charge in [0.25, 0.3) is 0 Å². The highest BCUT2D eigenvalue weighted by Gasteiger charge is 2.44. The number of nitrogens with one attached hydrogen (secondary N) is 1. The van der Waals surface area contributed by atoms with Gasteiger partial charge >= 0.3 is 0 Å². The van der Waals surface area contributed by atoms with Gasteiger partial charge in [-0.25, -0.2) is 0 Å². The number of unbranched alkanes of at least 4 members (excludes halogenated alkanes) is 1. The number of quaternary nitrogens is 1. The molecule has 1 aliphatic heterocycles. The molecule has 1 heterocycles. The number of ether oxygens (including phenoxy) is 2. The lowest BCUT2D eigenvalue weighted by Crippen LogP contribution is -2.58. The lowest BCUT2D eigenvalue weighted by atomic mass is 9.88. The molecule has 19 N–H and O–H groups in total. The standard InChI is InChI=1S/C70H108N2O20/c1-46(27-20-16-12-8-5-6-11-15-19-23-35-64(86)72-65-60(83)36-37-61(65)84)66(87)48(3)59(82)33-21-17-13-9-7-10-14-18-22-34-63(92-70-69(90)68(89)67(88)49(4)91-70)47(2)62(85)45-58(81)44-57(80)42-53(76)31-25-30-52(75)41-56(79)43-55(78)40-51(74)29-24-28-50(73)39-54(77)32-26-38-71/h5-11,13-15,17-25,27,29,31,33,35,46-59,63,66-70,73-83,87-90H,12,16,26,28,30,32,34,36-45,71H2,1-4H3,(H,72,86)/p+1/b8-5+,9-7+,11-6+,14-10+,17-13+,19-15+,22-18+,27-20+,29-24+,31-25+,33-21+,35-23+. The van der Waals surface area contributed by atoms with E-state index in [4.69, 9.17) is 9.47 Å². The second-order valence-corrected chi connectivity index (χ2v) is 24.0. The third-order valence-electron chi connectivity index (χ3n) is 15.6. The Bertz CT molecular complexity index is 2520. The zero-order valence-corrected chi connectivity index (χ0v) is 53.9. The van der Waals surface area contributed by atoms with Crippen molar-refractivity contribution in [3.05, 3.63) is 157 Å². The van der Waals surface area contributed by atoms with Crippen LogP contribution < -0.4 is 11.1 Å². The van der Waals surface area contributed by atoms with E-state index in [1.807, 2.05) is 37.3 Å². The molecule has 0 radical (unpaired) electrons. The second kappa shape index (κ2) is 47.4. The van der Waals surface area contributed by atoms with Crippen LogP contribution in [0, 0.1) is 17.8 Å². The molecular formula is C70H109N2O20+. The molecule has 1 fully saturated rings. The maximum Gasteiger partial charge on any atom is 0.248 e. The highest BCUT2D eigenvalue weighted by molar-refractivity contribution is 6.03. The molecule has 1 saturated heterocycles. The molecule has 0 saturated carbocycles. The first-order chi connectivity index (χ1) is 43.7. The Morgan fingerprint density at radius 1 is 0.576 bits per heavy atom. The molecular weight excluding hydrogens is 1190 g/mol. The summed E-state index contributed by atoms with van der Waals surface area (Å²) in [6, 6.07) is 0. The smallest absolute Gasteiger partial charge is 0.248 e. The van der Waals surface area contributed by atoms with E-state index < -0.39 is 134 Å². The highest BCUT2D eigenvalue weighted by Crippen LogP contribution is 2.28. The summed E-state index contributed by atoms with van der Waals surface area (Å²) in [4.78, 5) is 37.2. The average Bonchev–Trinajstić information content (AvgIpc) is 1.04. The van der Waals surface area contributed by atoms with Crippen LogP contribution in [-0.4, -0.2) is 205 Å². The number of ketones is 2. The minimum absolute atomic E-state index is 0.0238. The first-order valence-corrected chi connectivity index (χ1v) is 32.2. The van der Waals surface area contributed by atoms with Gasteiger partial charge in [-0.1, -0.05) is 161 Å².